The van der Waals surface area contributed by atoms with Crippen molar-refractivity contribution < 1.29 is 0 Å². The van der Waals surface area contributed by atoms with Crippen LogP contribution in [0.4, 0.5) is 5.69 Å². The average molecular weight is 285 g/mol. The third kappa shape index (κ3) is 3.24. The zero-order valence-corrected chi connectivity index (χ0v) is 13.0. The largest absolute Gasteiger partial charge is 0.388 e. The second-order valence-corrected chi connectivity index (χ2v) is 5.87. The Bertz CT molecular complexity index is 619. The van der Waals surface area contributed by atoms with Gasteiger partial charge in [-0.1, -0.05) is 0 Å². The summed E-state index contributed by atoms with van der Waals surface area (Å²) in [4.78, 5) is 7.19. The van der Waals surface area contributed by atoms with E-state index in [0.29, 0.717) is 5.92 Å². The van der Waals surface area contributed by atoms with E-state index in [4.69, 9.17) is 4.98 Å². The fourth-order valence-electron chi connectivity index (χ4n) is 3.04. The van der Waals surface area contributed by atoms with Gasteiger partial charge < -0.3 is 5.32 Å². The number of aromatic nitrogens is 3. The number of nitrogens with zero attached hydrogens (tertiary/aromatic N) is 4. The summed E-state index contributed by atoms with van der Waals surface area (Å²) in [5.74, 6) is 0.528. The molecule has 0 radical (unpaired) electrons. The van der Waals surface area contributed by atoms with Crippen molar-refractivity contribution in [3.8, 4) is 0 Å². The average Bonchev–Trinajstić information content (AvgIpc) is 3.08. The molecule has 5 nitrogen and oxygen atoms in total. The fourth-order valence-corrected chi connectivity index (χ4v) is 3.04. The molecule has 1 atom stereocenters. The van der Waals surface area contributed by atoms with Crippen molar-refractivity contribution in [3.05, 3.63) is 41.5 Å². The lowest BCUT2D eigenvalue weighted by atomic mass is 10.0. The van der Waals surface area contributed by atoms with E-state index in [1.807, 2.05) is 25.0 Å². The second-order valence-electron chi connectivity index (χ2n) is 5.87. The Morgan fingerprint density at radius 3 is 2.95 bits per heavy atom. The van der Waals surface area contributed by atoms with E-state index in [2.05, 4.69) is 40.4 Å². The van der Waals surface area contributed by atoms with Gasteiger partial charge in [0.1, 0.15) is 0 Å². The Morgan fingerprint density at radius 1 is 1.38 bits per heavy atom. The molecular weight excluding hydrogens is 262 g/mol. The maximum absolute atomic E-state index is 4.72. The summed E-state index contributed by atoms with van der Waals surface area (Å²) in [7, 11) is 3.92. The molecule has 3 rings (SSSR count). The molecule has 5 heteroatoms. The van der Waals surface area contributed by atoms with E-state index in [1.165, 1.54) is 12.1 Å². The van der Waals surface area contributed by atoms with Gasteiger partial charge in [-0.05, 0) is 38.1 Å². The SMILES string of the molecule is CNc1cc(C)nc([C@@H]2CCN(Cc3ccn(C)n3)C2)c1. The molecule has 2 aromatic rings. The number of rotatable bonds is 4. The monoisotopic (exact) mass is 285 g/mol. The van der Waals surface area contributed by atoms with Crippen LogP contribution in [0, 0.1) is 6.92 Å². The molecule has 1 saturated heterocycles. The lowest BCUT2D eigenvalue weighted by Gasteiger charge is -2.15. The summed E-state index contributed by atoms with van der Waals surface area (Å²) < 4.78 is 1.87. The number of anilines is 1. The van der Waals surface area contributed by atoms with Crippen LogP contribution in [-0.4, -0.2) is 39.8 Å². The van der Waals surface area contributed by atoms with Crippen LogP contribution in [-0.2, 0) is 13.6 Å². The number of likely N-dealkylation sites (tertiary alicyclic amines) is 1. The number of hydrogen-bond acceptors (Lipinski definition) is 4. The fraction of sp³-hybridized carbons (Fsp3) is 0.500. The molecule has 112 valence electrons. The predicted molar refractivity (Wildman–Crippen MR) is 84.4 cm³/mol. The first-order valence-electron chi connectivity index (χ1n) is 7.51. The van der Waals surface area contributed by atoms with Crippen molar-refractivity contribution in [1.82, 2.24) is 19.7 Å². The van der Waals surface area contributed by atoms with Gasteiger partial charge in [0, 0.05) is 56.4 Å². The molecular formula is C16H23N5. The summed E-state index contributed by atoms with van der Waals surface area (Å²) >= 11 is 0. The molecule has 1 aliphatic heterocycles. The van der Waals surface area contributed by atoms with E-state index >= 15 is 0 Å². The third-order valence-corrected chi connectivity index (χ3v) is 4.11. The van der Waals surface area contributed by atoms with Crippen LogP contribution in [0.3, 0.4) is 0 Å². The molecule has 0 amide bonds. The highest BCUT2D eigenvalue weighted by Crippen LogP contribution is 2.28. The van der Waals surface area contributed by atoms with Gasteiger partial charge in [0.05, 0.1) is 5.69 Å². The number of hydrogen-bond donors (Lipinski definition) is 1. The maximum Gasteiger partial charge on any atom is 0.0764 e. The first-order valence-corrected chi connectivity index (χ1v) is 7.51. The molecule has 0 saturated carbocycles. The van der Waals surface area contributed by atoms with Crippen LogP contribution in [0.1, 0.15) is 29.4 Å². The Hall–Kier alpha value is -1.88. The number of aryl methyl sites for hydroxylation is 2. The molecule has 1 aliphatic rings. The smallest absolute Gasteiger partial charge is 0.0764 e. The van der Waals surface area contributed by atoms with Crippen LogP contribution in [0.2, 0.25) is 0 Å². The van der Waals surface area contributed by atoms with Crippen LogP contribution >= 0.6 is 0 Å². The van der Waals surface area contributed by atoms with Crippen molar-refractivity contribution in [2.75, 3.05) is 25.5 Å². The molecule has 3 heterocycles. The van der Waals surface area contributed by atoms with E-state index in [1.54, 1.807) is 0 Å². The Morgan fingerprint density at radius 2 is 2.24 bits per heavy atom. The molecule has 0 bridgehead atoms. The van der Waals surface area contributed by atoms with Gasteiger partial charge in [-0.2, -0.15) is 5.10 Å². The molecule has 2 aromatic heterocycles. The lowest BCUT2D eigenvalue weighted by molar-refractivity contribution is 0.321. The lowest BCUT2D eigenvalue weighted by Crippen LogP contribution is -2.20. The summed E-state index contributed by atoms with van der Waals surface area (Å²) in [6.45, 7) is 5.18. The minimum Gasteiger partial charge on any atom is -0.388 e. The topological polar surface area (TPSA) is 46.0 Å². The van der Waals surface area contributed by atoms with Gasteiger partial charge in [-0.3, -0.25) is 14.6 Å². The molecule has 0 aliphatic carbocycles. The summed E-state index contributed by atoms with van der Waals surface area (Å²) in [6.07, 6.45) is 3.18. The van der Waals surface area contributed by atoms with E-state index in [9.17, 15) is 0 Å². The highest BCUT2D eigenvalue weighted by Gasteiger charge is 2.25. The minimum atomic E-state index is 0.528. The Balaban J connectivity index is 1.67. The molecule has 0 spiro atoms. The molecule has 0 unspecified atom stereocenters. The van der Waals surface area contributed by atoms with Gasteiger partial charge >= 0.3 is 0 Å². The van der Waals surface area contributed by atoms with Crippen molar-refractivity contribution in [2.24, 2.45) is 7.05 Å². The maximum atomic E-state index is 4.72. The molecule has 21 heavy (non-hydrogen) atoms. The second kappa shape index (κ2) is 5.85. The Labute approximate surface area is 126 Å². The van der Waals surface area contributed by atoms with Crippen LogP contribution in [0.15, 0.2) is 24.4 Å². The zero-order chi connectivity index (χ0) is 14.8. The van der Waals surface area contributed by atoms with Gasteiger partial charge in [0.15, 0.2) is 0 Å². The van der Waals surface area contributed by atoms with E-state index < -0.39 is 0 Å². The summed E-state index contributed by atoms with van der Waals surface area (Å²) in [5.41, 5.74) is 4.59. The predicted octanol–water partition coefficient (Wildman–Crippen LogP) is 2.15. The standard InChI is InChI=1S/C16H23N5/c1-12-8-15(17-2)9-16(18-12)13-4-7-21(10-13)11-14-5-6-20(3)19-14/h5-6,8-9,13H,4,7,10-11H2,1-3H3,(H,17,18)/t13-/m1/s1. The normalized spacial score (nSPS) is 19.1. The number of pyridine rings is 1. The first-order chi connectivity index (χ1) is 10.1. The van der Waals surface area contributed by atoms with E-state index in [0.717, 1.165) is 36.7 Å². The summed E-state index contributed by atoms with van der Waals surface area (Å²) in [6, 6.07) is 6.36. The molecule has 0 aromatic carbocycles. The van der Waals surface area contributed by atoms with Crippen LogP contribution in [0.5, 0.6) is 0 Å². The number of nitrogens with one attached hydrogen (secondary N) is 1. The first kappa shape index (κ1) is 14.1. The van der Waals surface area contributed by atoms with Crippen molar-refractivity contribution in [2.45, 2.75) is 25.8 Å². The highest BCUT2D eigenvalue weighted by molar-refractivity contribution is 5.45. The van der Waals surface area contributed by atoms with Gasteiger partial charge in [0.25, 0.3) is 0 Å². The minimum absolute atomic E-state index is 0.528. The van der Waals surface area contributed by atoms with Gasteiger partial charge in [-0.25, -0.2) is 0 Å². The van der Waals surface area contributed by atoms with Crippen molar-refractivity contribution in [1.29, 1.82) is 0 Å². The molecule has 1 N–H and O–H groups in total. The van der Waals surface area contributed by atoms with Gasteiger partial charge in [0.2, 0.25) is 0 Å². The zero-order valence-electron chi connectivity index (χ0n) is 13.0. The van der Waals surface area contributed by atoms with Crippen LogP contribution in [0.25, 0.3) is 0 Å². The van der Waals surface area contributed by atoms with Crippen molar-refractivity contribution in [3.63, 3.8) is 0 Å². The molecule has 1 fully saturated rings. The Kier molecular flexibility index (Phi) is 3.92. The quantitative estimate of drug-likeness (QED) is 0.935. The highest BCUT2D eigenvalue weighted by atomic mass is 15.3. The van der Waals surface area contributed by atoms with Crippen LogP contribution < -0.4 is 5.32 Å². The van der Waals surface area contributed by atoms with E-state index in [-0.39, 0.29) is 0 Å². The van der Waals surface area contributed by atoms with Gasteiger partial charge in [-0.15, -0.1) is 0 Å². The summed E-state index contributed by atoms with van der Waals surface area (Å²) in [5, 5.41) is 7.68. The van der Waals surface area contributed by atoms with Crippen molar-refractivity contribution >= 4 is 5.69 Å². The third-order valence-electron chi connectivity index (χ3n) is 4.11.